The van der Waals surface area contributed by atoms with Crippen LogP contribution in [0.4, 0.5) is 5.82 Å². The van der Waals surface area contributed by atoms with Gasteiger partial charge in [-0.05, 0) is 50.3 Å². The van der Waals surface area contributed by atoms with Crippen LogP contribution in [0.3, 0.4) is 0 Å². The van der Waals surface area contributed by atoms with Crippen molar-refractivity contribution in [1.29, 1.82) is 0 Å². The smallest absolute Gasteiger partial charge is 0.149 e. The highest BCUT2D eigenvalue weighted by atomic mass is 35.5. The number of aromatic nitrogens is 2. The van der Waals surface area contributed by atoms with Crippen LogP contribution in [0.25, 0.3) is 5.69 Å². The second kappa shape index (κ2) is 4.32. The lowest BCUT2D eigenvalue weighted by atomic mass is 9.97. The molecule has 0 bridgehead atoms. The van der Waals surface area contributed by atoms with E-state index in [1.165, 1.54) is 24.1 Å². The molecule has 0 saturated carbocycles. The molecule has 1 heterocycles. The highest BCUT2D eigenvalue weighted by Crippen LogP contribution is 2.30. The summed E-state index contributed by atoms with van der Waals surface area (Å²) >= 11 is 6.18. The zero-order chi connectivity index (χ0) is 12.7. The Morgan fingerprint density at radius 1 is 1.28 bits per heavy atom. The van der Waals surface area contributed by atoms with Gasteiger partial charge in [0.2, 0.25) is 0 Å². The highest BCUT2D eigenvalue weighted by molar-refractivity contribution is 6.31. The maximum Gasteiger partial charge on any atom is 0.149 e. The zero-order valence-corrected chi connectivity index (χ0v) is 11.2. The molecule has 0 radical (unpaired) electrons. The quantitative estimate of drug-likeness (QED) is 0.856. The van der Waals surface area contributed by atoms with Gasteiger partial charge in [-0.15, -0.1) is 0 Å². The molecule has 1 aliphatic rings. The van der Waals surface area contributed by atoms with E-state index < -0.39 is 0 Å². The van der Waals surface area contributed by atoms with Gasteiger partial charge >= 0.3 is 0 Å². The van der Waals surface area contributed by atoms with Crippen molar-refractivity contribution in [1.82, 2.24) is 9.78 Å². The fourth-order valence-corrected chi connectivity index (χ4v) is 2.82. The Kier molecular flexibility index (Phi) is 2.78. The molecule has 1 aromatic heterocycles. The number of nitrogen functional groups attached to an aromatic ring is 1. The maximum absolute atomic E-state index is 6.18. The predicted molar refractivity (Wildman–Crippen MR) is 74.4 cm³/mol. The lowest BCUT2D eigenvalue weighted by Crippen LogP contribution is -2.09. The number of benzene rings is 1. The van der Waals surface area contributed by atoms with Crippen LogP contribution in [0.1, 0.15) is 29.7 Å². The number of hydrogen-bond donors (Lipinski definition) is 1. The second-order valence-corrected chi connectivity index (χ2v) is 5.22. The minimum absolute atomic E-state index is 0.670. The molecular weight excluding hydrogens is 246 g/mol. The van der Waals surface area contributed by atoms with Gasteiger partial charge in [-0.1, -0.05) is 17.7 Å². The molecule has 18 heavy (non-hydrogen) atoms. The normalized spacial score (nSPS) is 14.6. The second-order valence-electron chi connectivity index (χ2n) is 4.81. The molecule has 1 aromatic carbocycles. The number of fused-ring (bicyclic) bond motifs is 1. The van der Waals surface area contributed by atoms with E-state index in [0.717, 1.165) is 29.1 Å². The number of halogens is 1. The largest absolute Gasteiger partial charge is 0.382 e. The summed E-state index contributed by atoms with van der Waals surface area (Å²) in [6, 6.07) is 5.90. The Morgan fingerprint density at radius 3 is 2.89 bits per heavy atom. The van der Waals surface area contributed by atoms with E-state index in [2.05, 4.69) is 5.10 Å². The molecule has 4 heteroatoms. The van der Waals surface area contributed by atoms with Gasteiger partial charge in [-0.2, -0.15) is 5.10 Å². The van der Waals surface area contributed by atoms with E-state index in [-0.39, 0.29) is 0 Å². The molecule has 0 fully saturated rings. The SMILES string of the molecule is Cc1c(Cl)cccc1-n1nc(N)c2c1CCCC2. The third-order valence-electron chi connectivity index (χ3n) is 3.68. The van der Waals surface area contributed by atoms with Crippen LogP contribution in [0.15, 0.2) is 18.2 Å². The Morgan fingerprint density at radius 2 is 2.06 bits per heavy atom. The van der Waals surface area contributed by atoms with E-state index >= 15 is 0 Å². The summed E-state index contributed by atoms with van der Waals surface area (Å²) in [4.78, 5) is 0. The summed E-state index contributed by atoms with van der Waals surface area (Å²) < 4.78 is 1.98. The average Bonchev–Trinajstić information content (AvgIpc) is 2.71. The van der Waals surface area contributed by atoms with Gasteiger partial charge in [-0.25, -0.2) is 4.68 Å². The molecule has 1 aliphatic carbocycles. The molecule has 0 unspecified atom stereocenters. The number of nitrogens with zero attached hydrogens (tertiary/aromatic N) is 2. The predicted octanol–water partition coefficient (Wildman–Crippen LogP) is 3.30. The van der Waals surface area contributed by atoms with E-state index in [4.69, 9.17) is 17.3 Å². The van der Waals surface area contributed by atoms with E-state index in [0.29, 0.717) is 5.82 Å². The van der Waals surface area contributed by atoms with Gasteiger partial charge in [0.25, 0.3) is 0 Å². The average molecular weight is 262 g/mol. The van der Waals surface area contributed by atoms with Crippen molar-refractivity contribution >= 4 is 17.4 Å². The van der Waals surface area contributed by atoms with Crippen molar-refractivity contribution in [3.8, 4) is 5.69 Å². The van der Waals surface area contributed by atoms with Gasteiger partial charge in [-0.3, -0.25) is 0 Å². The molecule has 2 aromatic rings. The monoisotopic (exact) mass is 261 g/mol. The first-order chi connectivity index (χ1) is 8.68. The first-order valence-corrected chi connectivity index (χ1v) is 6.68. The highest BCUT2D eigenvalue weighted by Gasteiger charge is 2.20. The van der Waals surface area contributed by atoms with Crippen molar-refractivity contribution < 1.29 is 0 Å². The van der Waals surface area contributed by atoms with Crippen molar-refractivity contribution in [3.63, 3.8) is 0 Å². The molecule has 3 rings (SSSR count). The Hall–Kier alpha value is -1.48. The van der Waals surface area contributed by atoms with Gasteiger partial charge in [0.1, 0.15) is 5.82 Å². The Labute approximate surface area is 112 Å². The fourth-order valence-electron chi connectivity index (χ4n) is 2.65. The summed E-state index contributed by atoms with van der Waals surface area (Å²) in [6.07, 6.45) is 4.50. The summed E-state index contributed by atoms with van der Waals surface area (Å²) in [6.45, 7) is 2.02. The molecule has 0 saturated heterocycles. The lowest BCUT2D eigenvalue weighted by Gasteiger charge is -2.15. The third-order valence-corrected chi connectivity index (χ3v) is 4.09. The Bertz CT molecular complexity index is 601. The summed E-state index contributed by atoms with van der Waals surface area (Å²) in [5.74, 6) is 0.670. The standard InChI is InChI=1S/C14H16ClN3/c1-9-11(15)6-4-8-12(9)18-13-7-3-2-5-10(13)14(16)17-18/h4,6,8H,2-3,5,7H2,1H3,(H2,16,17). The molecule has 2 N–H and O–H groups in total. The third kappa shape index (κ3) is 1.70. The first-order valence-electron chi connectivity index (χ1n) is 6.30. The van der Waals surface area contributed by atoms with Crippen LogP contribution in [-0.2, 0) is 12.8 Å². The first kappa shape index (κ1) is 11.6. The summed E-state index contributed by atoms with van der Waals surface area (Å²) in [7, 11) is 0. The maximum atomic E-state index is 6.18. The van der Waals surface area contributed by atoms with Crippen molar-refractivity contribution in [2.45, 2.75) is 32.6 Å². The van der Waals surface area contributed by atoms with Gasteiger partial charge < -0.3 is 5.73 Å². The number of rotatable bonds is 1. The molecule has 0 aliphatic heterocycles. The van der Waals surface area contributed by atoms with Crippen molar-refractivity contribution in [3.05, 3.63) is 40.0 Å². The molecule has 0 spiro atoms. The molecule has 0 amide bonds. The minimum atomic E-state index is 0.670. The molecule has 3 nitrogen and oxygen atoms in total. The van der Waals surface area contributed by atoms with Gasteiger partial charge in [0.15, 0.2) is 0 Å². The van der Waals surface area contributed by atoms with E-state index in [9.17, 15) is 0 Å². The zero-order valence-electron chi connectivity index (χ0n) is 10.4. The summed E-state index contributed by atoms with van der Waals surface area (Å²) in [5, 5.41) is 5.27. The number of nitrogens with two attached hydrogens (primary N) is 1. The van der Waals surface area contributed by atoms with Crippen LogP contribution < -0.4 is 5.73 Å². The van der Waals surface area contributed by atoms with Gasteiger partial charge in [0, 0.05) is 16.3 Å². The van der Waals surface area contributed by atoms with Crippen molar-refractivity contribution in [2.24, 2.45) is 0 Å². The van der Waals surface area contributed by atoms with Crippen molar-refractivity contribution in [2.75, 3.05) is 5.73 Å². The molecular formula is C14H16ClN3. The topological polar surface area (TPSA) is 43.8 Å². The number of anilines is 1. The molecule has 94 valence electrons. The van der Waals surface area contributed by atoms with E-state index in [1.807, 2.05) is 29.8 Å². The van der Waals surface area contributed by atoms with Crippen LogP contribution in [-0.4, -0.2) is 9.78 Å². The van der Waals surface area contributed by atoms with Crippen LogP contribution in [0.2, 0.25) is 5.02 Å². The van der Waals surface area contributed by atoms with E-state index in [1.54, 1.807) is 0 Å². The fraction of sp³-hybridized carbons (Fsp3) is 0.357. The molecule has 0 atom stereocenters. The number of hydrogen-bond acceptors (Lipinski definition) is 2. The van der Waals surface area contributed by atoms with Crippen LogP contribution in [0, 0.1) is 6.92 Å². The van der Waals surface area contributed by atoms with Crippen LogP contribution in [0.5, 0.6) is 0 Å². The van der Waals surface area contributed by atoms with Gasteiger partial charge in [0.05, 0.1) is 5.69 Å². The van der Waals surface area contributed by atoms with Crippen LogP contribution >= 0.6 is 11.6 Å². The lowest BCUT2D eigenvalue weighted by molar-refractivity contribution is 0.652. The minimum Gasteiger partial charge on any atom is -0.382 e. The Balaban J connectivity index is 2.20. The summed E-state index contributed by atoms with van der Waals surface area (Å²) in [5.41, 5.74) is 10.6.